The van der Waals surface area contributed by atoms with Crippen LogP contribution in [0.1, 0.15) is 64.9 Å². The highest BCUT2D eigenvalue weighted by Crippen LogP contribution is 2.38. The number of hydrogen-bond acceptors (Lipinski definition) is 4. The van der Waals surface area contributed by atoms with Gasteiger partial charge in [-0.1, -0.05) is 38.5 Å². The number of ether oxygens (including phenoxy) is 1. The van der Waals surface area contributed by atoms with Crippen molar-refractivity contribution in [2.24, 2.45) is 11.3 Å². The summed E-state index contributed by atoms with van der Waals surface area (Å²) in [6.07, 6.45) is 4.60. The van der Waals surface area contributed by atoms with Gasteiger partial charge >= 0.3 is 0 Å². The first-order valence-electron chi connectivity index (χ1n) is 12.4. The Balaban J connectivity index is 1.72. The van der Waals surface area contributed by atoms with Gasteiger partial charge in [-0.05, 0) is 64.1 Å². The van der Waals surface area contributed by atoms with Crippen LogP contribution < -0.4 is 10.6 Å². The number of carbonyl (C=O) groups is 2. The summed E-state index contributed by atoms with van der Waals surface area (Å²) < 4.78 is 19.9. The van der Waals surface area contributed by atoms with E-state index >= 15 is 0 Å². The Morgan fingerprint density at radius 2 is 1.85 bits per heavy atom. The molecule has 2 amide bonds. The van der Waals surface area contributed by atoms with E-state index in [1.54, 1.807) is 6.07 Å². The lowest BCUT2D eigenvalue weighted by Crippen LogP contribution is -2.55. The second kappa shape index (κ2) is 11.9. The zero-order valence-corrected chi connectivity index (χ0v) is 20.4. The number of hydrogen-bond donors (Lipinski definition) is 2. The van der Waals surface area contributed by atoms with Crippen LogP contribution in [0.3, 0.4) is 0 Å². The quantitative estimate of drug-likeness (QED) is 0.718. The molecular formula is C26H40FN3O3. The molecule has 0 bridgehead atoms. The summed E-state index contributed by atoms with van der Waals surface area (Å²) in [7, 11) is 0. The van der Waals surface area contributed by atoms with E-state index in [2.05, 4.69) is 29.4 Å². The molecule has 7 heteroatoms. The number of nitrogens with one attached hydrogen (secondary N) is 2. The van der Waals surface area contributed by atoms with Gasteiger partial charge in [0.2, 0.25) is 11.8 Å². The molecule has 0 unspecified atom stereocenters. The Kier molecular flexibility index (Phi) is 9.27. The molecule has 0 radical (unpaired) electrons. The van der Waals surface area contributed by atoms with Crippen LogP contribution in [0.5, 0.6) is 0 Å². The molecule has 2 aliphatic rings. The zero-order chi connectivity index (χ0) is 23.8. The van der Waals surface area contributed by atoms with Gasteiger partial charge in [0.15, 0.2) is 0 Å². The maximum absolute atomic E-state index is 14.1. The fourth-order valence-electron chi connectivity index (χ4n) is 4.92. The number of nitrogens with zero attached hydrogens (tertiary/aromatic N) is 1. The molecule has 2 aliphatic heterocycles. The number of carbonyl (C=O) groups excluding carboxylic acids is 2. The van der Waals surface area contributed by atoms with Crippen LogP contribution in [-0.4, -0.2) is 55.1 Å². The van der Waals surface area contributed by atoms with Crippen molar-refractivity contribution in [1.82, 2.24) is 15.5 Å². The fraction of sp³-hybridized carbons (Fsp3) is 0.692. The molecule has 2 heterocycles. The topological polar surface area (TPSA) is 70.7 Å². The number of likely N-dealkylation sites (tertiary alicyclic amines) is 1. The van der Waals surface area contributed by atoms with Gasteiger partial charge in [-0.25, -0.2) is 4.39 Å². The van der Waals surface area contributed by atoms with Gasteiger partial charge in [-0.2, -0.15) is 0 Å². The van der Waals surface area contributed by atoms with Crippen LogP contribution in [0.25, 0.3) is 0 Å². The van der Waals surface area contributed by atoms with E-state index in [0.29, 0.717) is 44.6 Å². The molecule has 2 N–H and O–H groups in total. The molecule has 2 fully saturated rings. The van der Waals surface area contributed by atoms with Crippen LogP contribution in [0.2, 0.25) is 0 Å². The summed E-state index contributed by atoms with van der Waals surface area (Å²) >= 11 is 0. The van der Waals surface area contributed by atoms with Gasteiger partial charge in [0.1, 0.15) is 11.9 Å². The first-order valence-corrected chi connectivity index (χ1v) is 12.4. The van der Waals surface area contributed by atoms with Crippen molar-refractivity contribution in [1.29, 1.82) is 0 Å². The highest BCUT2D eigenvalue weighted by molar-refractivity contribution is 5.90. The van der Waals surface area contributed by atoms with Crippen LogP contribution >= 0.6 is 0 Å². The third-order valence-electron chi connectivity index (χ3n) is 6.93. The van der Waals surface area contributed by atoms with Crippen LogP contribution in [0.15, 0.2) is 24.3 Å². The van der Waals surface area contributed by atoms with E-state index in [4.69, 9.17) is 4.74 Å². The standard InChI is InChI=1S/C26H40FN3O3/c1-19(2)16-23-24(31)28-20(3)18-33-15-7-6-10-26(25(32)29-23)11-13-30(14-12-26)17-21-8-4-5-9-22(21)27/h4-5,8-9,19-20,23H,6-7,10-18H2,1-3H3,(H,28,31)(H,29,32)/t20-,23+/m1/s1. The summed E-state index contributed by atoms with van der Waals surface area (Å²) in [6.45, 7) is 9.17. The van der Waals surface area contributed by atoms with E-state index in [0.717, 1.165) is 32.4 Å². The molecule has 0 aromatic heterocycles. The molecule has 2 saturated heterocycles. The number of benzene rings is 1. The third-order valence-corrected chi connectivity index (χ3v) is 6.93. The lowest BCUT2D eigenvalue weighted by molar-refractivity contribution is -0.138. The van der Waals surface area contributed by atoms with Crippen molar-refractivity contribution >= 4 is 11.8 Å². The number of amides is 2. The molecule has 2 atom stereocenters. The lowest BCUT2D eigenvalue weighted by atomic mass is 9.73. The van der Waals surface area contributed by atoms with Crippen molar-refractivity contribution in [3.05, 3.63) is 35.6 Å². The van der Waals surface area contributed by atoms with Crippen LogP contribution in [0, 0.1) is 17.2 Å². The molecule has 184 valence electrons. The van der Waals surface area contributed by atoms with E-state index in [1.807, 2.05) is 19.1 Å². The first-order chi connectivity index (χ1) is 15.8. The maximum Gasteiger partial charge on any atom is 0.242 e. The van der Waals surface area contributed by atoms with E-state index in [9.17, 15) is 14.0 Å². The number of rotatable bonds is 4. The van der Waals surface area contributed by atoms with Gasteiger partial charge in [-0.15, -0.1) is 0 Å². The molecule has 6 nitrogen and oxygen atoms in total. The Bertz CT molecular complexity index is 793. The second-order valence-electron chi connectivity index (χ2n) is 10.2. The molecule has 33 heavy (non-hydrogen) atoms. The monoisotopic (exact) mass is 461 g/mol. The van der Waals surface area contributed by atoms with E-state index < -0.39 is 11.5 Å². The van der Waals surface area contributed by atoms with E-state index in [-0.39, 0.29) is 29.6 Å². The average Bonchev–Trinajstić information content (AvgIpc) is 2.78. The first kappa shape index (κ1) is 25.6. The van der Waals surface area contributed by atoms with Crippen molar-refractivity contribution in [3.63, 3.8) is 0 Å². The zero-order valence-electron chi connectivity index (χ0n) is 20.4. The van der Waals surface area contributed by atoms with Crippen molar-refractivity contribution in [2.75, 3.05) is 26.3 Å². The molecular weight excluding hydrogens is 421 g/mol. The lowest BCUT2D eigenvalue weighted by Gasteiger charge is -2.41. The summed E-state index contributed by atoms with van der Waals surface area (Å²) in [4.78, 5) is 28.8. The Morgan fingerprint density at radius 3 is 2.55 bits per heavy atom. The normalized spacial score (nSPS) is 25.6. The SMILES string of the molecule is CC(C)C[C@@H]1NC(=O)C2(CCCCOC[C@@H](C)NC1=O)CCN(Cc1ccccc1F)CC2. The van der Waals surface area contributed by atoms with Gasteiger partial charge in [0.05, 0.1) is 12.0 Å². The average molecular weight is 462 g/mol. The minimum Gasteiger partial charge on any atom is -0.379 e. The highest BCUT2D eigenvalue weighted by Gasteiger charge is 2.42. The summed E-state index contributed by atoms with van der Waals surface area (Å²) in [5, 5.41) is 6.12. The smallest absolute Gasteiger partial charge is 0.242 e. The fourth-order valence-corrected chi connectivity index (χ4v) is 4.92. The predicted octanol–water partition coefficient (Wildman–Crippen LogP) is 3.64. The Labute approximate surface area is 197 Å². The highest BCUT2D eigenvalue weighted by atomic mass is 19.1. The number of halogens is 1. The molecule has 0 aliphatic carbocycles. The van der Waals surface area contributed by atoms with Gasteiger partial charge in [0.25, 0.3) is 0 Å². The van der Waals surface area contributed by atoms with Crippen molar-refractivity contribution < 1.29 is 18.7 Å². The predicted molar refractivity (Wildman–Crippen MR) is 127 cm³/mol. The largest absolute Gasteiger partial charge is 0.379 e. The maximum atomic E-state index is 14.1. The Morgan fingerprint density at radius 1 is 1.12 bits per heavy atom. The van der Waals surface area contributed by atoms with Gasteiger partial charge in [-0.3, -0.25) is 14.5 Å². The van der Waals surface area contributed by atoms with Gasteiger partial charge < -0.3 is 15.4 Å². The van der Waals surface area contributed by atoms with Crippen molar-refractivity contribution in [3.8, 4) is 0 Å². The summed E-state index contributed by atoms with van der Waals surface area (Å²) in [5.41, 5.74) is 0.189. The molecule has 3 rings (SSSR count). The van der Waals surface area contributed by atoms with E-state index in [1.165, 1.54) is 6.07 Å². The molecule has 0 saturated carbocycles. The second-order valence-corrected chi connectivity index (χ2v) is 10.2. The van der Waals surface area contributed by atoms with Gasteiger partial charge in [0, 0.05) is 24.8 Å². The Hall–Kier alpha value is -1.99. The molecule has 1 spiro atoms. The minimum atomic E-state index is -0.547. The summed E-state index contributed by atoms with van der Waals surface area (Å²) in [5.74, 6) is -0.0579. The van der Waals surface area contributed by atoms with Crippen LogP contribution in [0.4, 0.5) is 4.39 Å². The number of piperidine rings is 1. The van der Waals surface area contributed by atoms with Crippen molar-refractivity contribution in [2.45, 2.75) is 77.9 Å². The minimum absolute atomic E-state index is 0.0124. The summed E-state index contributed by atoms with van der Waals surface area (Å²) in [6, 6.07) is 6.23. The third kappa shape index (κ3) is 7.24. The molecule has 1 aromatic carbocycles. The van der Waals surface area contributed by atoms with Crippen LogP contribution in [-0.2, 0) is 20.9 Å². The molecule has 1 aromatic rings.